The van der Waals surface area contributed by atoms with Crippen LogP contribution in [0.4, 0.5) is 4.39 Å². The van der Waals surface area contributed by atoms with E-state index in [1.165, 1.54) is 6.07 Å². The second kappa shape index (κ2) is 7.46. The van der Waals surface area contributed by atoms with Crippen LogP contribution in [0, 0.1) is 5.82 Å². The number of hydrogen-bond donors (Lipinski definition) is 2. The van der Waals surface area contributed by atoms with E-state index in [-0.39, 0.29) is 23.0 Å². The van der Waals surface area contributed by atoms with Crippen molar-refractivity contribution in [1.29, 1.82) is 0 Å². The van der Waals surface area contributed by atoms with Crippen molar-refractivity contribution in [2.75, 3.05) is 6.54 Å². The Morgan fingerprint density at radius 1 is 1.42 bits per heavy atom. The first kappa shape index (κ1) is 15.9. The van der Waals surface area contributed by atoms with Crippen LogP contribution >= 0.6 is 11.6 Å². The molecule has 0 aliphatic carbocycles. The molecule has 3 nitrogen and oxygen atoms in total. The Kier molecular flexibility index (Phi) is 6.25. The van der Waals surface area contributed by atoms with Gasteiger partial charge in [-0.3, -0.25) is 10.1 Å². The molecule has 0 bridgehead atoms. The topological polar surface area (TPSA) is 41.1 Å². The van der Waals surface area contributed by atoms with Gasteiger partial charge in [0.1, 0.15) is 5.82 Å². The van der Waals surface area contributed by atoms with Crippen molar-refractivity contribution < 1.29 is 9.18 Å². The molecule has 0 aliphatic rings. The average Bonchev–Trinajstić information content (AvgIpc) is 2.38. The number of benzene rings is 1. The highest BCUT2D eigenvalue weighted by atomic mass is 35.5. The third-order valence-corrected chi connectivity index (χ3v) is 3.18. The Bertz CT molecular complexity index is 439. The highest BCUT2D eigenvalue weighted by Crippen LogP contribution is 2.20. The molecule has 106 valence electrons. The highest BCUT2D eigenvalue weighted by molar-refractivity contribution is 6.30. The summed E-state index contributed by atoms with van der Waals surface area (Å²) in [5.41, 5.74) is 0.849. The summed E-state index contributed by atoms with van der Waals surface area (Å²) in [7, 11) is 0. The predicted molar refractivity (Wildman–Crippen MR) is 75.7 cm³/mol. The van der Waals surface area contributed by atoms with E-state index in [1.54, 1.807) is 19.1 Å². The van der Waals surface area contributed by atoms with Gasteiger partial charge in [-0.25, -0.2) is 4.39 Å². The Labute approximate surface area is 118 Å². The van der Waals surface area contributed by atoms with Crippen LogP contribution in [0.3, 0.4) is 0 Å². The van der Waals surface area contributed by atoms with Gasteiger partial charge in [-0.05, 0) is 38.0 Å². The van der Waals surface area contributed by atoms with Crippen LogP contribution in [0.25, 0.3) is 0 Å². The molecule has 0 saturated heterocycles. The highest BCUT2D eigenvalue weighted by Gasteiger charge is 2.16. The summed E-state index contributed by atoms with van der Waals surface area (Å²) in [6.45, 7) is 6.38. The van der Waals surface area contributed by atoms with E-state index in [0.29, 0.717) is 6.54 Å². The maximum absolute atomic E-state index is 13.1. The Morgan fingerprint density at radius 2 is 2.11 bits per heavy atom. The van der Waals surface area contributed by atoms with Crippen molar-refractivity contribution in [3.05, 3.63) is 34.6 Å². The maximum Gasteiger partial charge on any atom is 0.236 e. The van der Waals surface area contributed by atoms with Gasteiger partial charge in [0.25, 0.3) is 0 Å². The van der Waals surface area contributed by atoms with Crippen molar-refractivity contribution in [1.82, 2.24) is 10.6 Å². The van der Waals surface area contributed by atoms with Gasteiger partial charge in [-0.1, -0.05) is 24.6 Å². The van der Waals surface area contributed by atoms with Crippen molar-refractivity contribution in [3.8, 4) is 0 Å². The molecule has 2 unspecified atom stereocenters. The normalized spacial score (nSPS) is 13.9. The SMILES string of the molecule is CCCNC(=O)C(C)NC(C)c1ccc(F)c(Cl)c1. The molecule has 1 amide bonds. The number of rotatable bonds is 6. The fourth-order valence-corrected chi connectivity index (χ4v) is 1.92. The summed E-state index contributed by atoms with van der Waals surface area (Å²) >= 11 is 5.74. The number of amides is 1. The summed E-state index contributed by atoms with van der Waals surface area (Å²) in [6, 6.07) is 4.17. The zero-order chi connectivity index (χ0) is 14.4. The summed E-state index contributed by atoms with van der Waals surface area (Å²) in [5.74, 6) is -0.478. The first-order valence-corrected chi connectivity index (χ1v) is 6.82. The molecule has 0 aromatic heterocycles. The summed E-state index contributed by atoms with van der Waals surface area (Å²) in [6.07, 6.45) is 0.904. The molecule has 0 heterocycles. The van der Waals surface area contributed by atoms with Crippen molar-refractivity contribution in [2.24, 2.45) is 0 Å². The Hall–Kier alpha value is -1.13. The maximum atomic E-state index is 13.1. The molecule has 2 N–H and O–H groups in total. The average molecular weight is 287 g/mol. The summed E-state index contributed by atoms with van der Waals surface area (Å²) in [4.78, 5) is 11.7. The van der Waals surface area contributed by atoms with E-state index >= 15 is 0 Å². The molecule has 1 rings (SSSR count). The van der Waals surface area contributed by atoms with Gasteiger partial charge in [0.05, 0.1) is 11.1 Å². The van der Waals surface area contributed by atoms with Gasteiger partial charge in [0.15, 0.2) is 0 Å². The Balaban J connectivity index is 2.60. The molecule has 1 aromatic rings. The zero-order valence-corrected chi connectivity index (χ0v) is 12.2. The third-order valence-electron chi connectivity index (χ3n) is 2.89. The van der Waals surface area contributed by atoms with Crippen LogP contribution in [-0.4, -0.2) is 18.5 Å². The number of nitrogens with one attached hydrogen (secondary N) is 2. The largest absolute Gasteiger partial charge is 0.355 e. The molecule has 5 heteroatoms. The minimum Gasteiger partial charge on any atom is -0.355 e. The molecule has 1 aromatic carbocycles. The number of hydrogen-bond acceptors (Lipinski definition) is 2. The molecule has 2 atom stereocenters. The second-order valence-corrected chi connectivity index (χ2v) is 4.98. The quantitative estimate of drug-likeness (QED) is 0.844. The minimum absolute atomic E-state index is 0.0399. The summed E-state index contributed by atoms with van der Waals surface area (Å²) in [5, 5.41) is 6.07. The van der Waals surface area contributed by atoms with E-state index in [0.717, 1.165) is 12.0 Å². The number of carbonyl (C=O) groups excluding carboxylic acids is 1. The van der Waals surface area contributed by atoms with Gasteiger partial charge in [0.2, 0.25) is 5.91 Å². The molecule has 0 fully saturated rings. The Morgan fingerprint density at radius 3 is 2.68 bits per heavy atom. The lowest BCUT2D eigenvalue weighted by atomic mass is 10.1. The van der Waals surface area contributed by atoms with Crippen LogP contribution < -0.4 is 10.6 Å². The minimum atomic E-state index is -0.439. The fraction of sp³-hybridized carbons (Fsp3) is 0.500. The molecule has 19 heavy (non-hydrogen) atoms. The van der Waals surface area contributed by atoms with Gasteiger partial charge in [-0.15, -0.1) is 0 Å². The number of carbonyl (C=O) groups is 1. The van der Waals surface area contributed by atoms with Gasteiger partial charge >= 0.3 is 0 Å². The third kappa shape index (κ3) is 4.80. The monoisotopic (exact) mass is 286 g/mol. The molecular formula is C14H20ClFN2O. The van der Waals surface area contributed by atoms with Crippen LogP contribution in [-0.2, 0) is 4.79 Å². The van der Waals surface area contributed by atoms with E-state index in [1.807, 2.05) is 13.8 Å². The zero-order valence-electron chi connectivity index (χ0n) is 11.5. The molecule has 0 radical (unpaired) electrons. The van der Waals surface area contributed by atoms with Crippen molar-refractivity contribution in [2.45, 2.75) is 39.3 Å². The van der Waals surface area contributed by atoms with Gasteiger partial charge < -0.3 is 5.32 Å². The van der Waals surface area contributed by atoms with Crippen LogP contribution in [0.2, 0.25) is 5.02 Å². The summed E-state index contributed by atoms with van der Waals surface area (Å²) < 4.78 is 13.1. The molecule has 0 spiro atoms. The smallest absolute Gasteiger partial charge is 0.236 e. The van der Waals surface area contributed by atoms with Crippen LogP contribution in [0.15, 0.2) is 18.2 Å². The number of halogens is 2. The standard InChI is InChI=1S/C14H20ClFN2O/c1-4-7-17-14(19)10(3)18-9(2)11-5-6-13(16)12(15)8-11/h5-6,8-10,18H,4,7H2,1-3H3,(H,17,19). The first-order chi connectivity index (χ1) is 8.95. The van der Waals surface area contributed by atoms with Crippen molar-refractivity contribution in [3.63, 3.8) is 0 Å². The molecular weight excluding hydrogens is 267 g/mol. The van der Waals surface area contributed by atoms with E-state index in [4.69, 9.17) is 11.6 Å². The first-order valence-electron chi connectivity index (χ1n) is 6.44. The van der Waals surface area contributed by atoms with Crippen molar-refractivity contribution >= 4 is 17.5 Å². The van der Waals surface area contributed by atoms with E-state index in [2.05, 4.69) is 10.6 Å². The van der Waals surface area contributed by atoms with Gasteiger partial charge in [0, 0.05) is 12.6 Å². The molecule has 0 aliphatic heterocycles. The predicted octanol–water partition coefficient (Wildman–Crippen LogP) is 3.04. The van der Waals surface area contributed by atoms with E-state index < -0.39 is 5.82 Å². The van der Waals surface area contributed by atoms with Gasteiger partial charge in [-0.2, -0.15) is 0 Å². The molecule has 0 saturated carbocycles. The second-order valence-electron chi connectivity index (χ2n) is 4.57. The lowest BCUT2D eigenvalue weighted by molar-refractivity contribution is -0.122. The lowest BCUT2D eigenvalue weighted by Crippen LogP contribution is -2.43. The lowest BCUT2D eigenvalue weighted by Gasteiger charge is -2.20. The van der Waals surface area contributed by atoms with Crippen LogP contribution in [0.5, 0.6) is 0 Å². The van der Waals surface area contributed by atoms with Crippen LogP contribution in [0.1, 0.15) is 38.8 Å². The van der Waals surface area contributed by atoms with E-state index in [9.17, 15) is 9.18 Å². The fourth-order valence-electron chi connectivity index (χ4n) is 1.73.